The number of carbonyl (C=O) groups is 2. The van der Waals surface area contributed by atoms with Crippen molar-refractivity contribution < 1.29 is 23.5 Å². The molecule has 1 aromatic carbocycles. The first kappa shape index (κ1) is 20.4. The van der Waals surface area contributed by atoms with Crippen LogP contribution in [0, 0.1) is 5.82 Å². The van der Waals surface area contributed by atoms with E-state index in [2.05, 4.69) is 15.6 Å². The number of halogens is 1. The molecular formula is C19H22FN3O4S. The lowest BCUT2D eigenvalue weighted by atomic mass is 10.1. The van der Waals surface area contributed by atoms with Gasteiger partial charge in [-0.05, 0) is 38.0 Å². The minimum absolute atomic E-state index is 0.0464. The zero-order chi connectivity index (χ0) is 20.1. The van der Waals surface area contributed by atoms with Crippen molar-refractivity contribution in [2.24, 2.45) is 0 Å². The van der Waals surface area contributed by atoms with Crippen LogP contribution in [0.3, 0.4) is 0 Å². The Morgan fingerprint density at radius 3 is 2.93 bits per heavy atom. The molecule has 7 nitrogen and oxygen atoms in total. The van der Waals surface area contributed by atoms with Gasteiger partial charge < -0.3 is 14.8 Å². The summed E-state index contributed by atoms with van der Waals surface area (Å²) in [5.74, 6) is -1.11. The van der Waals surface area contributed by atoms with E-state index in [1.54, 1.807) is 18.4 Å². The standard InChI is InChI=1S/C19H22FN3O4S/c1-11(27-9-14-4-3-7-26-14)18(25)23-19-22-17(10-28-19)15-6-5-13(8-16(15)20)21-12(2)24/h5-6,8,10-11,14H,3-4,7,9H2,1-2H3,(H,21,24)(H,22,23,25). The van der Waals surface area contributed by atoms with Gasteiger partial charge in [-0.3, -0.25) is 14.9 Å². The highest BCUT2D eigenvalue weighted by Crippen LogP contribution is 2.28. The molecule has 0 radical (unpaired) electrons. The number of nitrogens with zero attached hydrogens (tertiary/aromatic N) is 1. The highest BCUT2D eigenvalue weighted by atomic mass is 32.1. The fourth-order valence-electron chi connectivity index (χ4n) is 2.77. The maximum Gasteiger partial charge on any atom is 0.254 e. The van der Waals surface area contributed by atoms with Crippen molar-refractivity contribution in [3.8, 4) is 11.3 Å². The number of amides is 2. The summed E-state index contributed by atoms with van der Waals surface area (Å²) in [7, 11) is 0. The molecular weight excluding hydrogens is 385 g/mol. The summed E-state index contributed by atoms with van der Waals surface area (Å²) in [4.78, 5) is 27.6. The van der Waals surface area contributed by atoms with Gasteiger partial charge in [0.25, 0.3) is 5.91 Å². The van der Waals surface area contributed by atoms with E-state index in [4.69, 9.17) is 9.47 Å². The third-order valence-electron chi connectivity index (χ3n) is 4.23. The van der Waals surface area contributed by atoms with Crippen molar-refractivity contribution in [1.29, 1.82) is 0 Å². The number of thiazole rings is 1. The number of hydrogen-bond acceptors (Lipinski definition) is 6. The fourth-order valence-corrected chi connectivity index (χ4v) is 3.48. The normalized spacial score (nSPS) is 17.3. The number of carbonyl (C=O) groups excluding carboxylic acids is 2. The van der Waals surface area contributed by atoms with Gasteiger partial charge in [0.1, 0.15) is 11.9 Å². The van der Waals surface area contributed by atoms with Crippen LogP contribution in [0.15, 0.2) is 23.6 Å². The van der Waals surface area contributed by atoms with Crippen LogP contribution in [-0.2, 0) is 19.1 Å². The van der Waals surface area contributed by atoms with Crippen LogP contribution in [0.4, 0.5) is 15.2 Å². The van der Waals surface area contributed by atoms with Gasteiger partial charge >= 0.3 is 0 Å². The van der Waals surface area contributed by atoms with Crippen molar-refractivity contribution in [3.63, 3.8) is 0 Å². The van der Waals surface area contributed by atoms with Crippen LogP contribution in [-0.4, -0.2) is 42.2 Å². The molecule has 1 saturated heterocycles. The van der Waals surface area contributed by atoms with Crippen LogP contribution < -0.4 is 10.6 Å². The molecule has 0 aliphatic carbocycles. The van der Waals surface area contributed by atoms with E-state index < -0.39 is 11.9 Å². The Hall–Kier alpha value is -2.36. The second-order valence-corrected chi connectivity index (χ2v) is 7.37. The van der Waals surface area contributed by atoms with E-state index >= 15 is 0 Å². The zero-order valence-electron chi connectivity index (χ0n) is 15.7. The van der Waals surface area contributed by atoms with Crippen molar-refractivity contribution in [1.82, 2.24) is 4.98 Å². The number of nitrogens with one attached hydrogen (secondary N) is 2. The SMILES string of the molecule is CC(=O)Nc1ccc(-c2csc(NC(=O)C(C)OCC3CCCO3)n2)c(F)c1. The lowest BCUT2D eigenvalue weighted by Gasteiger charge is -2.15. The summed E-state index contributed by atoms with van der Waals surface area (Å²) < 4.78 is 25.4. The van der Waals surface area contributed by atoms with E-state index in [1.165, 1.54) is 30.4 Å². The first-order chi connectivity index (χ1) is 13.4. The molecule has 1 aliphatic heterocycles. The van der Waals surface area contributed by atoms with Gasteiger partial charge in [-0.15, -0.1) is 11.3 Å². The summed E-state index contributed by atoms with van der Waals surface area (Å²) in [5.41, 5.74) is 1.06. The largest absolute Gasteiger partial charge is 0.376 e. The molecule has 1 fully saturated rings. The minimum atomic E-state index is -0.648. The van der Waals surface area contributed by atoms with Crippen LogP contribution >= 0.6 is 11.3 Å². The predicted octanol–water partition coefficient (Wildman–Crippen LogP) is 3.43. The van der Waals surface area contributed by atoms with Crippen LogP contribution in [0.25, 0.3) is 11.3 Å². The Bertz CT molecular complexity index is 851. The van der Waals surface area contributed by atoms with E-state index in [0.717, 1.165) is 19.4 Å². The van der Waals surface area contributed by atoms with Gasteiger partial charge in [-0.25, -0.2) is 9.37 Å². The monoisotopic (exact) mass is 407 g/mol. The molecule has 0 spiro atoms. The third kappa shape index (κ3) is 5.34. The zero-order valence-corrected chi connectivity index (χ0v) is 16.5. The lowest BCUT2D eigenvalue weighted by Crippen LogP contribution is -2.30. The molecule has 2 heterocycles. The molecule has 2 atom stereocenters. The smallest absolute Gasteiger partial charge is 0.254 e. The summed E-state index contributed by atoms with van der Waals surface area (Å²) in [6, 6.07) is 4.36. The summed E-state index contributed by atoms with van der Waals surface area (Å²) in [6.45, 7) is 4.13. The average molecular weight is 407 g/mol. The van der Waals surface area contributed by atoms with Crippen molar-refractivity contribution in [2.75, 3.05) is 23.8 Å². The molecule has 2 amide bonds. The number of aromatic nitrogens is 1. The summed E-state index contributed by atoms with van der Waals surface area (Å²) in [6.07, 6.45) is 1.35. The maximum atomic E-state index is 14.3. The number of ether oxygens (including phenoxy) is 2. The van der Waals surface area contributed by atoms with Crippen LogP contribution in [0.2, 0.25) is 0 Å². The first-order valence-electron chi connectivity index (χ1n) is 8.99. The predicted molar refractivity (Wildman–Crippen MR) is 105 cm³/mol. The van der Waals surface area contributed by atoms with Crippen molar-refractivity contribution in [3.05, 3.63) is 29.4 Å². The molecule has 1 aromatic heterocycles. The lowest BCUT2D eigenvalue weighted by molar-refractivity contribution is -0.128. The van der Waals surface area contributed by atoms with Crippen molar-refractivity contribution in [2.45, 2.75) is 38.9 Å². The van der Waals surface area contributed by atoms with Crippen LogP contribution in [0.5, 0.6) is 0 Å². The van der Waals surface area contributed by atoms with Gasteiger partial charge in [0.15, 0.2) is 5.13 Å². The van der Waals surface area contributed by atoms with E-state index in [0.29, 0.717) is 23.1 Å². The van der Waals surface area contributed by atoms with Gasteiger partial charge in [0.2, 0.25) is 5.91 Å². The Labute approximate surface area is 166 Å². The molecule has 9 heteroatoms. The van der Waals surface area contributed by atoms with E-state index in [-0.39, 0.29) is 23.5 Å². The molecule has 3 rings (SSSR count). The minimum Gasteiger partial charge on any atom is -0.376 e. The van der Waals surface area contributed by atoms with E-state index in [1.807, 2.05) is 0 Å². The Morgan fingerprint density at radius 2 is 2.25 bits per heavy atom. The fraction of sp³-hybridized carbons (Fsp3) is 0.421. The second kappa shape index (κ2) is 9.22. The van der Waals surface area contributed by atoms with Crippen LogP contribution in [0.1, 0.15) is 26.7 Å². The van der Waals surface area contributed by atoms with E-state index in [9.17, 15) is 14.0 Å². The number of hydrogen-bond donors (Lipinski definition) is 2. The highest BCUT2D eigenvalue weighted by molar-refractivity contribution is 7.14. The summed E-state index contributed by atoms with van der Waals surface area (Å²) >= 11 is 1.20. The molecule has 2 N–H and O–H groups in total. The molecule has 2 aromatic rings. The molecule has 28 heavy (non-hydrogen) atoms. The molecule has 150 valence electrons. The number of benzene rings is 1. The topological polar surface area (TPSA) is 89.6 Å². The van der Waals surface area contributed by atoms with Gasteiger partial charge in [-0.2, -0.15) is 0 Å². The second-order valence-electron chi connectivity index (χ2n) is 6.51. The molecule has 0 bridgehead atoms. The third-order valence-corrected chi connectivity index (χ3v) is 4.98. The summed E-state index contributed by atoms with van der Waals surface area (Å²) in [5, 5.41) is 7.23. The number of rotatable bonds is 7. The molecule has 1 aliphatic rings. The number of anilines is 2. The first-order valence-corrected chi connectivity index (χ1v) is 9.87. The molecule has 2 unspecified atom stereocenters. The highest BCUT2D eigenvalue weighted by Gasteiger charge is 2.21. The average Bonchev–Trinajstić information content (AvgIpc) is 3.31. The van der Waals surface area contributed by atoms with Gasteiger partial charge in [-0.1, -0.05) is 0 Å². The quantitative estimate of drug-likeness (QED) is 0.734. The Morgan fingerprint density at radius 1 is 1.43 bits per heavy atom. The van der Waals surface area contributed by atoms with Gasteiger partial charge in [0, 0.05) is 30.2 Å². The van der Waals surface area contributed by atoms with Gasteiger partial charge in [0.05, 0.1) is 18.4 Å². The Kier molecular flexibility index (Phi) is 6.71. The van der Waals surface area contributed by atoms with Crippen molar-refractivity contribution >= 4 is 34.0 Å². The Balaban J connectivity index is 1.58. The molecule has 0 saturated carbocycles. The maximum absolute atomic E-state index is 14.3.